The number of hydrogen-bond acceptors (Lipinski definition) is 2. The molecule has 0 bridgehead atoms. The van der Waals surface area contributed by atoms with Gasteiger partial charge in [0.05, 0.1) is 11.1 Å². The molecular weight excluding hydrogens is 466 g/mol. The van der Waals surface area contributed by atoms with Gasteiger partial charge >= 0.3 is 12.4 Å². The molecule has 3 aromatic carbocycles. The average molecular weight is 478 g/mol. The van der Waals surface area contributed by atoms with Crippen molar-refractivity contribution in [1.29, 1.82) is 0 Å². The normalized spacial score (nSPS) is 12.7. The van der Waals surface area contributed by atoms with E-state index in [2.05, 4.69) is 0 Å². The second kappa shape index (κ2) is 7.35. The van der Waals surface area contributed by atoms with Crippen molar-refractivity contribution in [1.82, 2.24) is 0 Å². The van der Waals surface area contributed by atoms with Gasteiger partial charge in [-0.15, -0.1) is 22.7 Å². The first-order chi connectivity index (χ1) is 15.1. The number of benzene rings is 3. The van der Waals surface area contributed by atoms with Gasteiger partial charge in [-0.25, -0.2) is 0 Å². The molecule has 0 N–H and O–H groups in total. The lowest BCUT2D eigenvalue weighted by molar-refractivity contribution is -0.138. The molecule has 0 aliphatic carbocycles. The highest BCUT2D eigenvalue weighted by Gasteiger charge is 2.31. The quantitative estimate of drug-likeness (QED) is 0.222. The number of halogens is 6. The van der Waals surface area contributed by atoms with E-state index in [1.165, 1.54) is 46.9 Å². The van der Waals surface area contributed by atoms with E-state index < -0.39 is 23.5 Å². The molecule has 8 heteroatoms. The average Bonchev–Trinajstić information content (AvgIpc) is 3.40. The molecule has 0 aliphatic rings. The number of hydrogen-bond donors (Lipinski definition) is 0. The Labute approximate surface area is 186 Å². The zero-order valence-corrected chi connectivity index (χ0v) is 17.6. The Bertz CT molecular complexity index is 1260. The smallest absolute Gasteiger partial charge is 0.166 e. The summed E-state index contributed by atoms with van der Waals surface area (Å²) in [6.45, 7) is 0. The molecule has 2 aromatic heterocycles. The zero-order chi connectivity index (χ0) is 22.7. The van der Waals surface area contributed by atoms with Gasteiger partial charge in [-0.05, 0) is 58.3 Å². The lowest BCUT2D eigenvalue weighted by atomic mass is 9.93. The first kappa shape index (κ1) is 21.0. The van der Waals surface area contributed by atoms with Crippen LogP contribution in [0, 0.1) is 0 Å². The van der Waals surface area contributed by atoms with Crippen LogP contribution < -0.4 is 0 Å². The van der Waals surface area contributed by atoms with Gasteiger partial charge in [0.2, 0.25) is 0 Å². The Morgan fingerprint density at radius 3 is 1.12 bits per heavy atom. The third kappa shape index (κ3) is 3.47. The maximum atomic E-state index is 13.0. The summed E-state index contributed by atoms with van der Waals surface area (Å²) in [6, 6.07) is 13.9. The van der Waals surface area contributed by atoms with Crippen LogP contribution >= 0.6 is 22.7 Å². The molecule has 2 heterocycles. The van der Waals surface area contributed by atoms with Gasteiger partial charge in [-0.1, -0.05) is 24.3 Å². The summed E-state index contributed by atoms with van der Waals surface area (Å²) in [4.78, 5) is 0. The summed E-state index contributed by atoms with van der Waals surface area (Å²) in [7, 11) is 0. The van der Waals surface area contributed by atoms with Gasteiger partial charge in [0.25, 0.3) is 0 Å². The number of thiophene rings is 2. The number of alkyl halides is 6. The Morgan fingerprint density at radius 1 is 0.469 bits per heavy atom. The number of rotatable bonds is 2. The van der Waals surface area contributed by atoms with E-state index in [1.807, 2.05) is 22.9 Å². The Balaban J connectivity index is 1.74. The van der Waals surface area contributed by atoms with E-state index in [9.17, 15) is 26.3 Å². The highest BCUT2D eigenvalue weighted by atomic mass is 32.1. The molecule has 0 amide bonds. The molecule has 0 unspecified atom stereocenters. The Hall–Kier alpha value is -2.84. The van der Waals surface area contributed by atoms with Gasteiger partial charge in [0.1, 0.15) is 0 Å². The van der Waals surface area contributed by atoms with Gasteiger partial charge < -0.3 is 0 Å². The lowest BCUT2D eigenvalue weighted by Crippen LogP contribution is -2.04. The van der Waals surface area contributed by atoms with Gasteiger partial charge in [-0.3, -0.25) is 0 Å². The summed E-state index contributed by atoms with van der Waals surface area (Å²) in [5.74, 6) is 0. The van der Waals surface area contributed by atoms with Crippen LogP contribution in [0.5, 0.6) is 0 Å². The van der Waals surface area contributed by atoms with E-state index in [0.29, 0.717) is 11.1 Å². The highest BCUT2D eigenvalue weighted by molar-refractivity contribution is 7.20. The SMILES string of the molecule is FC(F)(F)c1ccc(-c2c3ccsc3c(-c3ccc(C(F)(F)F)cc3)c3ccsc23)cc1. The van der Waals surface area contributed by atoms with Crippen molar-refractivity contribution in [2.45, 2.75) is 12.4 Å². The van der Waals surface area contributed by atoms with Crippen molar-refractivity contribution >= 4 is 42.8 Å². The van der Waals surface area contributed by atoms with E-state index in [0.717, 1.165) is 55.6 Å². The largest absolute Gasteiger partial charge is 0.416 e. The van der Waals surface area contributed by atoms with Crippen molar-refractivity contribution in [2.24, 2.45) is 0 Å². The molecule has 162 valence electrons. The molecule has 5 aromatic rings. The van der Waals surface area contributed by atoms with Crippen LogP contribution in [0.25, 0.3) is 42.4 Å². The molecule has 0 radical (unpaired) electrons. The van der Waals surface area contributed by atoms with Gasteiger partial charge in [0.15, 0.2) is 0 Å². The van der Waals surface area contributed by atoms with Crippen LogP contribution in [0.1, 0.15) is 11.1 Å². The zero-order valence-electron chi connectivity index (χ0n) is 16.0. The molecule has 0 saturated heterocycles. The molecule has 0 fully saturated rings. The van der Waals surface area contributed by atoms with Crippen molar-refractivity contribution < 1.29 is 26.3 Å². The van der Waals surface area contributed by atoms with Gasteiger partial charge in [0, 0.05) is 31.3 Å². The third-order valence-electron chi connectivity index (χ3n) is 5.33. The van der Waals surface area contributed by atoms with Crippen LogP contribution in [0.4, 0.5) is 26.3 Å². The van der Waals surface area contributed by atoms with Gasteiger partial charge in [-0.2, -0.15) is 26.3 Å². The molecule has 32 heavy (non-hydrogen) atoms. The number of fused-ring (bicyclic) bond motifs is 2. The van der Waals surface area contributed by atoms with Crippen LogP contribution in [-0.4, -0.2) is 0 Å². The maximum Gasteiger partial charge on any atom is 0.416 e. The monoisotopic (exact) mass is 478 g/mol. The van der Waals surface area contributed by atoms with Crippen LogP contribution in [0.15, 0.2) is 71.4 Å². The second-order valence-electron chi connectivity index (χ2n) is 7.23. The molecular formula is C24H12F6S2. The Kier molecular flexibility index (Phi) is 4.83. The lowest BCUT2D eigenvalue weighted by Gasteiger charge is -2.14. The standard InChI is InChI=1S/C24H12F6S2/c25-23(26,27)15-5-1-13(2-6-15)19-17-9-11-32-22(17)20(18-10-12-31-21(18)19)14-3-7-16(8-4-14)24(28,29)30/h1-12H. The fourth-order valence-electron chi connectivity index (χ4n) is 3.87. The van der Waals surface area contributed by atoms with Crippen molar-refractivity contribution in [2.75, 3.05) is 0 Å². The van der Waals surface area contributed by atoms with Crippen molar-refractivity contribution in [3.8, 4) is 22.3 Å². The maximum absolute atomic E-state index is 13.0. The van der Waals surface area contributed by atoms with E-state index in [-0.39, 0.29) is 0 Å². The molecule has 0 nitrogen and oxygen atoms in total. The molecule has 5 rings (SSSR count). The van der Waals surface area contributed by atoms with E-state index in [1.54, 1.807) is 0 Å². The minimum absolute atomic E-state index is 0.660. The van der Waals surface area contributed by atoms with Crippen molar-refractivity contribution in [3.63, 3.8) is 0 Å². The van der Waals surface area contributed by atoms with Crippen LogP contribution in [0.3, 0.4) is 0 Å². The summed E-state index contributed by atoms with van der Waals surface area (Å²) in [5, 5.41) is 5.49. The summed E-state index contributed by atoms with van der Waals surface area (Å²) in [6.07, 6.45) is -8.83. The molecule has 0 spiro atoms. The fraction of sp³-hybridized carbons (Fsp3) is 0.0833. The second-order valence-corrected chi connectivity index (χ2v) is 9.06. The Morgan fingerprint density at radius 2 is 0.812 bits per heavy atom. The van der Waals surface area contributed by atoms with Crippen LogP contribution in [-0.2, 0) is 12.4 Å². The van der Waals surface area contributed by atoms with Crippen molar-refractivity contribution in [3.05, 3.63) is 82.6 Å². The summed E-state index contributed by atoms with van der Waals surface area (Å²) in [5.41, 5.74) is 1.55. The predicted molar refractivity (Wildman–Crippen MR) is 118 cm³/mol. The highest BCUT2D eigenvalue weighted by Crippen LogP contribution is 2.48. The topological polar surface area (TPSA) is 0 Å². The first-order valence-corrected chi connectivity index (χ1v) is 11.2. The van der Waals surface area contributed by atoms with E-state index >= 15 is 0 Å². The third-order valence-corrected chi connectivity index (χ3v) is 7.19. The molecule has 0 saturated carbocycles. The molecule has 0 aliphatic heterocycles. The van der Waals surface area contributed by atoms with Crippen LogP contribution in [0.2, 0.25) is 0 Å². The summed E-state index contributed by atoms with van der Waals surface area (Å²) >= 11 is 2.91. The molecule has 0 atom stereocenters. The minimum Gasteiger partial charge on any atom is -0.166 e. The van der Waals surface area contributed by atoms with E-state index in [4.69, 9.17) is 0 Å². The minimum atomic E-state index is -4.42. The fourth-order valence-corrected chi connectivity index (χ4v) is 5.83. The first-order valence-electron chi connectivity index (χ1n) is 9.40. The predicted octanol–water partition coefficient (Wildman–Crippen LogP) is 9.49. The summed E-state index contributed by atoms with van der Waals surface area (Å²) < 4.78 is 79.8.